The molecule has 19 heavy (non-hydrogen) atoms. The third-order valence-electron chi connectivity index (χ3n) is 2.45. The number of rotatable bonds is 3. The molecular weight excluding hydrogens is 522 g/mol. The second-order valence-electron chi connectivity index (χ2n) is 3.71. The number of pyridine rings is 1. The van der Waals surface area contributed by atoms with Gasteiger partial charge in [-0.25, -0.2) is 0 Å². The third kappa shape index (κ3) is 3.24. The summed E-state index contributed by atoms with van der Waals surface area (Å²) in [5.41, 5.74) is -0.940. The fourth-order valence-corrected chi connectivity index (χ4v) is 1.71. The Morgan fingerprint density at radius 1 is 1.21 bits per heavy atom. The van der Waals surface area contributed by atoms with Crippen LogP contribution >= 0.6 is 0 Å². The molecule has 1 aromatic heterocycles. The molecule has 2 nitrogen and oxygen atoms in total. The van der Waals surface area contributed by atoms with Crippen LogP contribution < -0.4 is 0 Å². The van der Waals surface area contributed by atoms with Crippen molar-refractivity contribution < 1.29 is 22.0 Å². The summed E-state index contributed by atoms with van der Waals surface area (Å²) >= 11 is 0. The zero-order chi connectivity index (χ0) is 14.1. The molecule has 0 spiro atoms. The average Bonchev–Trinajstić information content (AvgIpc) is 2.26. The van der Waals surface area contributed by atoms with E-state index >= 15 is 0 Å². The Bertz CT molecular complexity index is 446. The summed E-state index contributed by atoms with van der Waals surface area (Å²) in [6, 6.07) is 1.75. The van der Waals surface area contributed by atoms with Crippen molar-refractivity contribution >= 4 is 10.7 Å². The predicted molar refractivity (Wildman–Crippen MR) is 59.2 cm³/mol. The first-order valence-electron chi connectivity index (χ1n) is 4.82. The van der Waals surface area contributed by atoms with Gasteiger partial charge in [0.1, 0.15) is 5.69 Å². The minimum Gasteiger partial charge on any atom is -0.779 e. The first kappa shape index (κ1) is 16.9. The van der Waals surface area contributed by atoms with Crippen molar-refractivity contribution in [3.8, 4) is 0 Å². The van der Waals surface area contributed by atoms with E-state index in [9.17, 15) is 26.7 Å². The average molecular weight is 532 g/mol. The van der Waals surface area contributed by atoms with Crippen LogP contribution in [0.15, 0.2) is 18.3 Å². The molecule has 0 N–H and O–H groups in total. The Hall–Kier alpha value is -2.05. The van der Waals surface area contributed by atoms with Crippen LogP contribution in [0, 0.1) is 0 Å². The maximum atomic E-state index is 12.9. The largest absolute Gasteiger partial charge is 0.779 e. The van der Waals surface area contributed by atoms with Crippen molar-refractivity contribution in [1.82, 2.24) is 4.98 Å². The second kappa shape index (κ2) is 5.29. The Kier molecular flexibility index (Phi) is 4.72. The first-order valence-corrected chi connectivity index (χ1v) is 6.47. The van der Waals surface area contributed by atoms with E-state index in [1.807, 2.05) is 0 Å². The van der Waals surface area contributed by atoms with Gasteiger partial charge < -0.3 is 15.5 Å². The van der Waals surface area contributed by atoms with Crippen molar-refractivity contribution in [2.75, 3.05) is 6.26 Å². The fraction of sp³-hybridized carbons (Fsp3) is 0.500. The topological polar surface area (TPSA) is 35.2 Å². The van der Waals surface area contributed by atoms with E-state index in [1.165, 1.54) is 6.26 Å². The maximum Gasteiger partial charge on any atom is 0.459 e. The number of nitrogens with zero attached hydrogens (tertiary/aromatic N) is 2. The van der Waals surface area contributed by atoms with Crippen LogP contribution in [0.3, 0.4) is 0 Å². The number of alkyl halides is 5. The number of halogens is 5. The number of hydrogen-bond donors (Lipinski definition) is 0. The Balaban J connectivity index is 0.00000324. The molecular formula is C10H10CmF5N2S-. The van der Waals surface area contributed by atoms with Crippen molar-refractivity contribution in [3.05, 3.63) is 34.4 Å². The van der Waals surface area contributed by atoms with Crippen LogP contribution in [0.25, 0.3) is 4.78 Å². The Morgan fingerprint density at radius 3 is 2.05 bits per heavy atom. The van der Waals surface area contributed by atoms with E-state index in [-0.39, 0.29) is 5.25 Å². The van der Waals surface area contributed by atoms with Gasteiger partial charge in [-0.3, -0.25) is 4.98 Å². The molecule has 0 aromatic carbocycles. The molecule has 0 saturated heterocycles. The van der Waals surface area contributed by atoms with Gasteiger partial charge in [0.15, 0.2) is 0 Å². The van der Waals surface area contributed by atoms with Crippen molar-refractivity contribution in [1.29, 1.82) is 0 Å². The van der Waals surface area contributed by atoms with E-state index in [4.69, 9.17) is 0 Å². The van der Waals surface area contributed by atoms with Crippen LogP contribution in [0.4, 0.5) is 22.0 Å². The fourth-order valence-electron chi connectivity index (χ4n) is 1.17. The molecule has 0 fully saturated rings. The van der Waals surface area contributed by atoms with Crippen molar-refractivity contribution in [3.63, 3.8) is 0 Å². The van der Waals surface area contributed by atoms with Crippen LogP contribution in [-0.2, 0) is 16.6 Å². The van der Waals surface area contributed by atoms with Gasteiger partial charge in [0.05, 0.1) is 0 Å². The van der Waals surface area contributed by atoms with Crippen LogP contribution in [0.5, 0.6) is 0 Å². The van der Waals surface area contributed by atoms with Gasteiger partial charge in [0.2, 0.25) is 0 Å². The van der Waals surface area contributed by atoms with Crippen molar-refractivity contribution in [2.24, 2.45) is 0 Å². The second-order valence-corrected chi connectivity index (χ2v) is 5.47. The van der Waals surface area contributed by atoms with Gasteiger partial charge in [0, 0.05) is 11.4 Å². The molecule has 0 amide bonds. The molecule has 0 bridgehead atoms. The predicted octanol–water partition coefficient (Wildman–Crippen LogP) is 3.80. The molecule has 2 unspecified atom stereocenters. The standard InChI is InChI=1S/C10H10F5N2S.Cm/c1-6(18(2)16)7-3-4-8(17-5-7)9(11,12)10(13,14)15;/h3-6H,1-2H3;/q-1;. The molecule has 0 saturated carbocycles. The first-order chi connectivity index (χ1) is 8.07. The molecule has 9 heteroatoms. The summed E-state index contributed by atoms with van der Waals surface area (Å²) < 4.78 is 71.4. The van der Waals surface area contributed by atoms with Crippen LogP contribution in [0.2, 0.25) is 0 Å². The summed E-state index contributed by atoms with van der Waals surface area (Å²) in [6.07, 6.45) is -3.22. The minimum atomic E-state index is -5.67. The van der Waals surface area contributed by atoms with Gasteiger partial charge in [-0.2, -0.15) is 22.0 Å². The summed E-state index contributed by atoms with van der Waals surface area (Å²) in [7, 11) is -1.01. The number of aromatic nitrogens is 1. The summed E-state index contributed by atoms with van der Waals surface area (Å²) in [4.78, 5) is 3.14. The molecule has 0 aliphatic heterocycles. The van der Waals surface area contributed by atoms with E-state index in [0.717, 1.165) is 12.3 Å². The van der Waals surface area contributed by atoms with Gasteiger partial charge in [-0.1, -0.05) is 13.0 Å². The zero-order valence-electron chi connectivity index (χ0n) is 9.86. The van der Waals surface area contributed by atoms with Crippen LogP contribution in [-0.4, -0.2) is 17.4 Å². The molecule has 1 aromatic rings. The Morgan fingerprint density at radius 2 is 1.74 bits per heavy atom. The monoisotopic (exact) mass is 528 g/mol. The Labute approximate surface area is 103 Å². The summed E-state index contributed by atoms with van der Waals surface area (Å²) in [5, 5.41) is -0.369. The third-order valence-corrected chi connectivity index (χ3v) is 3.74. The van der Waals surface area contributed by atoms with E-state index in [0.29, 0.717) is 11.6 Å². The van der Waals surface area contributed by atoms with Gasteiger partial charge >= 0.3 is 12.1 Å². The van der Waals surface area contributed by atoms with Gasteiger partial charge in [0.25, 0.3) is 0 Å². The molecule has 110 valence electrons. The summed E-state index contributed by atoms with van der Waals surface area (Å²) in [5.74, 6) is -4.97. The molecule has 2 atom stereocenters. The zero-order valence-corrected chi connectivity index (χ0v) is 13.6. The quantitative estimate of drug-likeness (QED) is 0.546. The van der Waals surface area contributed by atoms with E-state index < -0.39 is 28.5 Å². The molecule has 1 rings (SSSR count). The molecule has 1 heterocycles. The minimum absolute atomic E-state index is 0. The van der Waals surface area contributed by atoms with Gasteiger partial charge in [-0.05, 0) is 17.9 Å². The van der Waals surface area contributed by atoms with Crippen molar-refractivity contribution in [2.45, 2.75) is 24.3 Å². The molecule has 0 aliphatic rings. The van der Waals surface area contributed by atoms with E-state index in [2.05, 4.69) is 4.98 Å². The molecule has 0 radical (unpaired) electrons. The number of hydrogen-bond acceptors (Lipinski definition) is 1. The smallest absolute Gasteiger partial charge is 0.459 e. The SMILES string of the molecule is CC(c1ccc(C(F)(F)C(F)(F)F)nc1)S(C)=[N-].[Cm]. The maximum absolute atomic E-state index is 12.9. The molecule has 0 aliphatic carbocycles. The van der Waals surface area contributed by atoms with E-state index in [1.54, 1.807) is 6.92 Å². The van der Waals surface area contributed by atoms with Crippen LogP contribution in [0.1, 0.15) is 23.4 Å². The normalized spacial score (nSPS) is 15.5. The van der Waals surface area contributed by atoms with Gasteiger partial charge in [-0.15, -0.1) is 0 Å². The summed E-state index contributed by atoms with van der Waals surface area (Å²) in [6.45, 7) is 1.63.